The Balaban J connectivity index is 1.98. The van der Waals surface area contributed by atoms with Gasteiger partial charge < -0.3 is 0 Å². The van der Waals surface area contributed by atoms with Crippen molar-refractivity contribution in [2.45, 2.75) is 19.8 Å². The fourth-order valence-electron chi connectivity index (χ4n) is 3.26. The third kappa shape index (κ3) is 1.81. The van der Waals surface area contributed by atoms with Crippen molar-refractivity contribution >= 4 is 17.4 Å². The molecule has 1 saturated heterocycles. The van der Waals surface area contributed by atoms with Crippen molar-refractivity contribution in [1.29, 1.82) is 0 Å². The van der Waals surface area contributed by atoms with E-state index in [2.05, 4.69) is 19.1 Å². The van der Waals surface area contributed by atoms with Crippen LogP contribution in [0.1, 0.15) is 25.3 Å². The molecule has 98 valence electrons. The lowest BCUT2D eigenvalue weighted by molar-refractivity contribution is -0.138. The van der Waals surface area contributed by atoms with Crippen molar-refractivity contribution in [3.63, 3.8) is 0 Å². The number of benzene rings is 1. The smallest absolute Gasteiger partial charge is 0.233 e. The number of imide groups is 1. The molecule has 0 N–H and O–H groups in total. The van der Waals surface area contributed by atoms with Crippen LogP contribution in [0.15, 0.2) is 35.9 Å². The minimum Gasteiger partial charge on any atom is -0.285 e. The molecule has 2 atom stereocenters. The summed E-state index contributed by atoms with van der Waals surface area (Å²) in [5.74, 6) is -0.321. The third-order valence-electron chi connectivity index (χ3n) is 4.37. The number of nitrogens with zero attached hydrogens (tertiary/aromatic N) is 1. The van der Waals surface area contributed by atoms with Crippen LogP contribution >= 0.6 is 0 Å². The quantitative estimate of drug-likeness (QED) is 0.723. The summed E-state index contributed by atoms with van der Waals surface area (Å²) in [7, 11) is 1.60. The van der Waals surface area contributed by atoms with E-state index in [1.54, 1.807) is 7.05 Å². The van der Waals surface area contributed by atoms with Crippen molar-refractivity contribution in [1.82, 2.24) is 4.90 Å². The fourth-order valence-corrected chi connectivity index (χ4v) is 3.26. The van der Waals surface area contributed by atoms with Crippen LogP contribution in [0.4, 0.5) is 0 Å². The summed E-state index contributed by atoms with van der Waals surface area (Å²) in [6, 6.07) is 10.2. The maximum atomic E-state index is 12.1. The van der Waals surface area contributed by atoms with Crippen molar-refractivity contribution in [3.8, 4) is 0 Å². The number of hydrogen-bond donors (Lipinski definition) is 0. The Morgan fingerprint density at radius 2 is 1.58 bits per heavy atom. The second-order valence-corrected chi connectivity index (χ2v) is 5.48. The van der Waals surface area contributed by atoms with E-state index in [1.165, 1.54) is 21.6 Å². The van der Waals surface area contributed by atoms with Gasteiger partial charge in [0.1, 0.15) is 0 Å². The highest BCUT2D eigenvalue weighted by molar-refractivity contribution is 6.06. The molecular formula is C16H17NO2. The van der Waals surface area contributed by atoms with Gasteiger partial charge in [-0.25, -0.2) is 0 Å². The maximum absolute atomic E-state index is 12.1. The van der Waals surface area contributed by atoms with E-state index in [9.17, 15) is 9.59 Å². The number of likely N-dealkylation sites (tertiary alicyclic amines) is 1. The van der Waals surface area contributed by atoms with Crippen LogP contribution in [0.5, 0.6) is 0 Å². The van der Waals surface area contributed by atoms with Gasteiger partial charge in [0.15, 0.2) is 0 Å². The van der Waals surface area contributed by atoms with Gasteiger partial charge in [0.2, 0.25) is 11.8 Å². The second-order valence-electron chi connectivity index (χ2n) is 5.48. The number of rotatable bonds is 1. The standard InChI is InChI=1S/C16H17NO2/c1-10-8-13-14(16(19)17(2)15(13)18)9-12(10)11-6-4-3-5-7-11/h3-7,13-14H,8-9H2,1-2H3/t13-,14+/m0/s1. The van der Waals surface area contributed by atoms with Gasteiger partial charge in [-0.1, -0.05) is 35.9 Å². The molecule has 2 aliphatic rings. The highest BCUT2D eigenvalue weighted by Crippen LogP contribution is 2.43. The highest BCUT2D eigenvalue weighted by Gasteiger charge is 2.47. The summed E-state index contributed by atoms with van der Waals surface area (Å²) in [6.07, 6.45) is 1.40. The molecule has 0 bridgehead atoms. The first-order valence-electron chi connectivity index (χ1n) is 6.65. The van der Waals surface area contributed by atoms with E-state index in [1.807, 2.05) is 18.2 Å². The molecule has 1 heterocycles. The Morgan fingerprint density at radius 1 is 1.00 bits per heavy atom. The number of fused-ring (bicyclic) bond motifs is 1. The SMILES string of the molecule is CC1=C(c2ccccc2)C[C@H]2C(=O)N(C)C(=O)[C@H]2C1. The molecule has 0 aromatic heterocycles. The van der Waals surface area contributed by atoms with Gasteiger partial charge in [0.25, 0.3) is 0 Å². The summed E-state index contributed by atoms with van der Waals surface area (Å²) in [4.78, 5) is 25.4. The van der Waals surface area contributed by atoms with E-state index in [4.69, 9.17) is 0 Å². The largest absolute Gasteiger partial charge is 0.285 e. The zero-order valence-electron chi connectivity index (χ0n) is 11.2. The predicted molar refractivity (Wildman–Crippen MR) is 73.0 cm³/mol. The molecular weight excluding hydrogens is 238 g/mol. The molecule has 0 unspecified atom stereocenters. The average molecular weight is 255 g/mol. The fraction of sp³-hybridized carbons (Fsp3) is 0.375. The van der Waals surface area contributed by atoms with Crippen LogP contribution in [-0.4, -0.2) is 23.8 Å². The van der Waals surface area contributed by atoms with Crippen LogP contribution in [0.3, 0.4) is 0 Å². The molecule has 0 saturated carbocycles. The second kappa shape index (κ2) is 4.34. The summed E-state index contributed by atoms with van der Waals surface area (Å²) >= 11 is 0. The van der Waals surface area contributed by atoms with Crippen LogP contribution in [0.25, 0.3) is 5.57 Å². The van der Waals surface area contributed by atoms with Crippen molar-refractivity contribution in [2.75, 3.05) is 7.05 Å². The molecule has 0 radical (unpaired) electrons. The molecule has 3 heteroatoms. The first-order valence-corrected chi connectivity index (χ1v) is 6.65. The lowest BCUT2D eigenvalue weighted by Crippen LogP contribution is -2.26. The minimum atomic E-state index is -0.156. The van der Waals surface area contributed by atoms with E-state index >= 15 is 0 Å². The van der Waals surface area contributed by atoms with E-state index in [0.29, 0.717) is 12.8 Å². The van der Waals surface area contributed by atoms with E-state index in [-0.39, 0.29) is 23.7 Å². The van der Waals surface area contributed by atoms with Crippen LogP contribution < -0.4 is 0 Å². The first kappa shape index (κ1) is 12.2. The Hall–Kier alpha value is -1.90. The Bertz CT molecular complexity index is 574. The minimum absolute atomic E-state index is 0.0125. The predicted octanol–water partition coefficient (Wildman–Crippen LogP) is 2.48. The molecule has 3 nitrogen and oxygen atoms in total. The Labute approximate surface area is 112 Å². The normalized spacial score (nSPS) is 26.9. The van der Waals surface area contributed by atoms with Gasteiger partial charge in [0.05, 0.1) is 11.8 Å². The highest BCUT2D eigenvalue weighted by atomic mass is 16.2. The zero-order valence-corrected chi connectivity index (χ0v) is 11.2. The lowest BCUT2D eigenvalue weighted by atomic mass is 9.76. The maximum Gasteiger partial charge on any atom is 0.233 e. The average Bonchev–Trinajstić information content (AvgIpc) is 2.64. The number of hydrogen-bond acceptors (Lipinski definition) is 2. The zero-order chi connectivity index (χ0) is 13.6. The molecule has 3 rings (SSSR count). The van der Waals surface area contributed by atoms with Gasteiger partial charge in [-0.15, -0.1) is 0 Å². The van der Waals surface area contributed by atoms with Crippen molar-refractivity contribution < 1.29 is 9.59 Å². The topological polar surface area (TPSA) is 37.4 Å². The van der Waals surface area contributed by atoms with Gasteiger partial charge in [-0.05, 0) is 30.9 Å². The number of carbonyl (C=O) groups excluding carboxylic acids is 2. The van der Waals surface area contributed by atoms with Gasteiger partial charge in [-0.2, -0.15) is 0 Å². The molecule has 1 aromatic rings. The summed E-state index contributed by atoms with van der Waals surface area (Å²) in [5, 5.41) is 0. The molecule has 2 amide bonds. The van der Waals surface area contributed by atoms with Crippen molar-refractivity contribution in [2.24, 2.45) is 11.8 Å². The van der Waals surface area contributed by atoms with Gasteiger partial charge in [0, 0.05) is 7.05 Å². The van der Waals surface area contributed by atoms with E-state index < -0.39 is 0 Å². The number of carbonyl (C=O) groups is 2. The van der Waals surface area contributed by atoms with Gasteiger partial charge in [-0.3, -0.25) is 14.5 Å². The summed E-state index contributed by atoms with van der Waals surface area (Å²) in [6.45, 7) is 2.08. The third-order valence-corrected chi connectivity index (χ3v) is 4.37. The molecule has 1 aliphatic carbocycles. The monoisotopic (exact) mass is 255 g/mol. The Kier molecular flexibility index (Phi) is 2.77. The summed E-state index contributed by atoms with van der Waals surface area (Å²) in [5.41, 5.74) is 3.65. The van der Waals surface area contributed by atoms with Crippen molar-refractivity contribution in [3.05, 3.63) is 41.5 Å². The molecule has 0 spiro atoms. The number of allylic oxidation sites excluding steroid dienone is 2. The van der Waals surface area contributed by atoms with E-state index in [0.717, 1.165) is 0 Å². The Morgan fingerprint density at radius 3 is 2.21 bits per heavy atom. The molecule has 1 aromatic carbocycles. The summed E-state index contributed by atoms with van der Waals surface area (Å²) < 4.78 is 0. The number of amides is 2. The molecule has 19 heavy (non-hydrogen) atoms. The first-order chi connectivity index (χ1) is 9.09. The lowest BCUT2D eigenvalue weighted by Gasteiger charge is -2.25. The van der Waals surface area contributed by atoms with Crippen LogP contribution in [-0.2, 0) is 9.59 Å². The van der Waals surface area contributed by atoms with Crippen LogP contribution in [0, 0.1) is 11.8 Å². The van der Waals surface area contributed by atoms with Crippen LogP contribution in [0.2, 0.25) is 0 Å². The van der Waals surface area contributed by atoms with Gasteiger partial charge >= 0.3 is 0 Å². The molecule has 1 fully saturated rings. The molecule has 1 aliphatic heterocycles.